The van der Waals surface area contributed by atoms with Crippen LogP contribution in [0.25, 0.3) is 0 Å². The van der Waals surface area contributed by atoms with Crippen LogP contribution >= 0.6 is 0 Å². The van der Waals surface area contributed by atoms with Crippen molar-refractivity contribution in [1.82, 2.24) is 4.90 Å². The van der Waals surface area contributed by atoms with Crippen molar-refractivity contribution in [2.45, 2.75) is 66.2 Å². The number of hydrogen-bond acceptors (Lipinski definition) is 4. The molecule has 0 aromatic heterocycles. The van der Waals surface area contributed by atoms with Crippen molar-refractivity contribution >= 4 is 17.8 Å². The molecule has 2 amide bonds. The molecule has 1 aliphatic heterocycles. The third kappa shape index (κ3) is 2.48. The first kappa shape index (κ1) is 22.1. The van der Waals surface area contributed by atoms with Gasteiger partial charge in [-0.25, -0.2) is 0 Å². The molecular formula is C26H37NO5. The molecule has 0 radical (unpaired) electrons. The third-order valence-corrected chi connectivity index (χ3v) is 10.6. The molecule has 6 aliphatic rings. The average molecular weight is 444 g/mol. The Morgan fingerprint density at radius 2 is 1.88 bits per heavy atom. The number of carbonyl (C=O) groups excluding carboxylic acids is 2. The van der Waals surface area contributed by atoms with Gasteiger partial charge < -0.3 is 10.2 Å². The minimum Gasteiger partial charge on any atom is -0.481 e. The van der Waals surface area contributed by atoms with Gasteiger partial charge >= 0.3 is 5.97 Å². The van der Waals surface area contributed by atoms with Gasteiger partial charge in [-0.2, -0.15) is 0 Å². The highest BCUT2D eigenvalue weighted by Gasteiger charge is 2.73. The van der Waals surface area contributed by atoms with Gasteiger partial charge in [0.15, 0.2) is 0 Å². The smallest absolute Gasteiger partial charge is 0.309 e. The second-order valence-corrected chi connectivity index (χ2v) is 12.0. The van der Waals surface area contributed by atoms with Crippen LogP contribution in [0, 0.1) is 51.8 Å². The molecule has 2 bridgehead atoms. The summed E-state index contributed by atoms with van der Waals surface area (Å²) in [6, 6.07) is 0. The topological polar surface area (TPSA) is 94.9 Å². The zero-order valence-electron chi connectivity index (χ0n) is 19.8. The fraction of sp³-hybridized carbons (Fsp3) is 0.808. The summed E-state index contributed by atoms with van der Waals surface area (Å²) in [6.45, 7) is 8.44. The van der Waals surface area contributed by atoms with E-state index in [1.54, 1.807) is 0 Å². The fourth-order valence-corrected chi connectivity index (χ4v) is 9.34. The van der Waals surface area contributed by atoms with Gasteiger partial charge in [0.05, 0.1) is 30.4 Å². The maximum absolute atomic E-state index is 13.6. The van der Waals surface area contributed by atoms with Crippen LogP contribution in [-0.4, -0.2) is 46.0 Å². The zero-order valence-corrected chi connectivity index (χ0v) is 19.8. The molecule has 0 aromatic rings. The molecule has 6 rings (SSSR count). The number of nitrogens with zero attached hydrogens (tertiary/aromatic N) is 1. The van der Waals surface area contributed by atoms with Crippen molar-refractivity contribution in [3.8, 4) is 0 Å². The Morgan fingerprint density at radius 3 is 2.50 bits per heavy atom. The number of aliphatic hydroxyl groups excluding tert-OH is 1. The largest absolute Gasteiger partial charge is 0.481 e. The number of β-amino-alcohol motifs (C(OH)–C–C–N with tert-alkyl or cyclic N) is 1. The van der Waals surface area contributed by atoms with Gasteiger partial charge in [0.2, 0.25) is 11.8 Å². The maximum Gasteiger partial charge on any atom is 0.309 e. The Hall–Kier alpha value is -1.69. The lowest BCUT2D eigenvalue weighted by Gasteiger charge is -2.68. The number of carboxylic acids is 1. The highest BCUT2D eigenvalue weighted by Crippen LogP contribution is 2.74. The molecule has 32 heavy (non-hydrogen) atoms. The van der Waals surface area contributed by atoms with Crippen LogP contribution in [0.4, 0.5) is 0 Å². The monoisotopic (exact) mass is 443 g/mol. The first-order valence-electron chi connectivity index (χ1n) is 12.4. The SMILES string of the molecule is CC(C)C1=C[C@@]23CC[C@@H]4[C@](C)(CCC[C@@]4(C)C(=O)O)[C@@H]2C[C@H]1[C@H]1C(=O)N(CCO)C(=O)[C@H]13. The number of allylic oxidation sites excluding steroid dienone is 2. The standard InChI is InChI=1S/C26H37NO5/c1-14(2)16-13-26-9-6-17-24(3,7-5-8-25(17,4)23(31)32)18(26)12-15(16)19-20(26)22(30)27(10-11-28)21(19)29/h13-15,17-20,28H,5-12H2,1-4H3,(H,31,32)/t15-,17-,18+,19-,20+,24+,25-,26+/m1/s1. The highest BCUT2D eigenvalue weighted by atomic mass is 16.4. The van der Waals surface area contributed by atoms with Gasteiger partial charge in [0.25, 0.3) is 0 Å². The predicted molar refractivity (Wildman–Crippen MR) is 118 cm³/mol. The van der Waals surface area contributed by atoms with Crippen molar-refractivity contribution in [3.63, 3.8) is 0 Å². The first-order valence-corrected chi connectivity index (χ1v) is 12.4. The molecule has 1 spiro atoms. The van der Waals surface area contributed by atoms with Crippen LogP contribution in [0.5, 0.6) is 0 Å². The molecule has 5 aliphatic carbocycles. The van der Waals surface area contributed by atoms with Crippen molar-refractivity contribution < 1.29 is 24.6 Å². The van der Waals surface area contributed by atoms with Crippen LogP contribution in [0.3, 0.4) is 0 Å². The number of rotatable bonds is 4. The van der Waals surface area contributed by atoms with E-state index in [1.165, 1.54) is 10.5 Å². The van der Waals surface area contributed by atoms with E-state index in [9.17, 15) is 24.6 Å². The molecule has 1 saturated heterocycles. The van der Waals surface area contributed by atoms with E-state index in [2.05, 4.69) is 26.8 Å². The van der Waals surface area contributed by atoms with Crippen LogP contribution in [0.1, 0.15) is 66.2 Å². The summed E-state index contributed by atoms with van der Waals surface area (Å²) >= 11 is 0. The number of carbonyl (C=O) groups is 3. The number of aliphatic carboxylic acids is 1. The fourth-order valence-electron chi connectivity index (χ4n) is 9.34. The number of amides is 2. The van der Waals surface area contributed by atoms with Crippen molar-refractivity contribution in [3.05, 3.63) is 11.6 Å². The molecule has 2 N–H and O–H groups in total. The Kier molecular flexibility index (Phi) is 4.78. The van der Waals surface area contributed by atoms with Gasteiger partial charge in [0.1, 0.15) is 0 Å². The van der Waals surface area contributed by atoms with E-state index in [4.69, 9.17) is 0 Å². The predicted octanol–water partition coefficient (Wildman–Crippen LogP) is 3.49. The molecule has 176 valence electrons. The summed E-state index contributed by atoms with van der Waals surface area (Å²) < 4.78 is 0. The van der Waals surface area contributed by atoms with Crippen LogP contribution in [0.15, 0.2) is 11.6 Å². The molecule has 0 aromatic carbocycles. The molecule has 4 fully saturated rings. The van der Waals surface area contributed by atoms with Crippen molar-refractivity contribution in [2.75, 3.05) is 13.2 Å². The van der Waals surface area contributed by atoms with E-state index >= 15 is 0 Å². The summed E-state index contributed by atoms with van der Waals surface area (Å²) in [7, 11) is 0. The van der Waals surface area contributed by atoms with E-state index in [-0.39, 0.29) is 65.4 Å². The normalized spacial score (nSPS) is 47.2. The molecule has 1 heterocycles. The van der Waals surface area contributed by atoms with E-state index in [0.717, 1.165) is 32.1 Å². The summed E-state index contributed by atoms with van der Waals surface area (Å²) in [5.41, 5.74) is 0.0547. The summed E-state index contributed by atoms with van der Waals surface area (Å²) in [5, 5.41) is 19.7. The van der Waals surface area contributed by atoms with Gasteiger partial charge in [-0.15, -0.1) is 0 Å². The minimum absolute atomic E-state index is 0.0422. The van der Waals surface area contributed by atoms with Gasteiger partial charge in [0, 0.05) is 5.41 Å². The summed E-state index contributed by atoms with van der Waals surface area (Å²) in [4.78, 5) is 40.7. The zero-order chi connectivity index (χ0) is 23.2. The van der Waals surface area contributed by atoms with Crippen molar-refractivity contribution in [1.29, 1.82) is 0 Å². The maximum atomic E-state index is 13.6. The lowest BCUT2D eigenvalue weighted by Crippen LogP contribution is -2.65. The first-order chi connectivity index (χ1) is 15.0. The lowest BCUT2D eigenvalue weighted by atomic mass is 9.34. The third-order valence-electron chi connectivity index (χ3n) is 10.6. The molecule has 3 saturated carbocycles. The van der Waals surface area contributed by atoms with E-state index < -0.39 is 11.4 Å². The molecule has 8 atom stereocenters. The van der Waals surface area contributed by atoms with E-state index in [1.807, 2.05) is 6.92 Å². The molecule has 6 heteroatoms. The van der Waals surface area contributed by atoms with E-state index in [0.29, 0.717) is 12.3 Å². The number of fused-ring (bicyclic) bond motifs is 1. The Bertz CT molecular complexity index is 910. The number of carboxylic acid groups (broad SMARTS) is 1. The molecular weight excluding hydrogens is 406 g/mol. The number of likely N-dealkylation sites (tertiary alicyclic amines) is 1. The van der Waals surface area contributed by atoms with Gasteiger partial charge in [-0.05, 0) is 68.1 Å². The quantitative estimate of drug-likeness (QED) is 0.512. The minimum atomic E-state index is -0.728. The Labute approximate surface area is 190 Å². The van der Waals surface area contributed by atoms with Gasteiger partial charge in [-0.3, -0.25) is 19.3 Å². The Morgan fingerprint density at radius 1 is 1.16 bits per heavy atom. The number of imide groups is 1. The highest BCUT2D eigenvalue weighted by molar-refractivity contribution is 6.06. The second-order valence-electron chi connectivity index (χ2n) is 12.0. The Balaban J connectivity index is 1.65. The summed E-state index contributed by atoms with van der Waals surface area (Å²) in [6.07, 6.45) is 7.42. The molecule has 0 unspecified atom stereocenters. The second kappa shape index (κ2) is 6.91. The van der Waals surface area contributed by atoms with Crippen LogP contribution in [0.2, 0.25) is 0 Å². The van der Waals surface area contributed by atoms with Crippen LogP contribution < -0.4 is 0 Å². The lowest BCUT2D eigenvalue weighted by molar-refractivity contribution is -0.194. The molecule has 6 nitrogen and oxygen atoms in total. The number of aliphatic hydroxyl groups is 1. The van der Waals surface area contributed by atoms with Crippen LogP contribution in [-0.2, 0) is 14.4 Å². The van der Waals surface area contributed by atoms with Crippen molar-refractivity contribution in [2.24, 2.45) is 51.8 Å². The average Bonchev–Trinajstić information content (AvgIpc) is 3.00. The van der Waals surface area contributed by atoms with Gasteiger partial charge in [-0.1, -0.05) is 38.8 Å². The summed E-state index contributed by atoms with van der Waals surface area (Å²) in [5.74, 6) is -0.918. The number of hydrogen-bond donors (Lipinski definition) is 2.